The zero-order valence-electron chi connectivity index (χ0n) is 12.5. The number of hydrogen-bond acceptors (Lipinski definition) is 4. The van der Waals surface area contributed by atoms with Gasteiger partial charge in [0.15, 0.2) is 11.8 Å². The van der Waals surface area contributed by atoms with Gasteiger partial charge in [0.25, 0.3) is 0 Å². The number of guanidine groups is 1. The molecule has 2 rings (SSSR count). The third-order valence-corrected chi connectivity index (χ3v) is 2.85. The first-order chi connectivity index (χ1) is 10.2. The molecule has 0 aliphatic carbocycles. The van der Waals surface area contributed by atoms with Gasteiger partial charge in [-0.1, -0.05) is 23.4 Å². The van der Waals surface area contributed by atoms with E-state index in [1.165, 1.54) is 6.07 Å². The maximum absolute atomic E-state index is 13.5. The van der Waals surface area contributed by atoms with Crippen LogP contribution >= 0.6 is 24.0 Å². The highest BCUT2D eigenvalue weighted by Crippen LogP contribution is 2.06. The number of nitrogens with zero attached hydrogens (tertiary/aromatic N) is 3. The fraction of sp³-hybridized carbons (Fsp3) is 0.357. The van der Waals surface area contributed by atoms with Crippen LogP contribution in [0.4, 0.5) is 4.39 Å². The average molecular weight is 419 g/mol. The van der Waals surface area contributed by atoms with Gasteiger partial charge >= 0.3 is 0 Å². The molecule has 8 heteroatoms. The van der Waals surface area contributed by atoms with Crippen LogP contribution in [0.5, 0.6) is 0 Å². The van der Waals surface area contributed by atoms with Gasteiger partial charge in [-0.2, -0.15) is 4.98 Å². The molecule has 0 aliphatic heterocycles. The number of hydrogen-bond donors (Lipinski definition) is 2. The lowest BCUT2D eigenvalue weighted by Gasteiger charge is -2.10. The molecule has 0 aliphatic rings. The Balaban J connectivity index is 0.00000242. The Morgan fingerprint density at radius 3 is 2.73 bits per heavy atom. The Kier molecular flexibility index (Phi) is 7.78. The summed E-state index contributed by atoms with van der Waals surface area (Å²) in [5.41, 5.74) is 0.675. The molecule has 0 unspecified atom stereocenters. The van der Waals surface area contributed by atoms with E-state index in [2.05, 4.69) is 25.8 Å². The maximum atomic E-state index is 13.5. The topological polar surface area (TPSA) is 75.3 Å². The lowest BCUT2D eigenvalue weighted by molar-refractivity contribution is 0.387. The van der Waals surface area contributed by atoms with E-state index in [0.717, 1.165) is 0 Å². The predicted octanol–water partition coefficient (Wildman–Crippen LogP) is 2.04. The predicted molar refractivity (Wildman–Crippen MR) is 92.8 cm³/mol. The van der Waals surface area contributed by atoms with Gasteiger partial charge in [0.1, 0.15) is 5.82 Å². The zero-order valence-corrected chi connectivity index (χ0v) is 14.8. The molecule has 2 N–H and O–H groups in total. The monoisotopic (exact) mass is 419 g/mol. The number of aliphatic imine (C=N–C) groups is 1. The fourth-order valence-electron chi connectivity index (χ4n) is 1.81. The van der Waals surface area contributed by atoms with E-state index in [1.54, 1.807) is 26.1 Å². The second-order valence-electron chi connectivity index (χ2n) is 4.42. The van der Waals surface area contributed by atoms with Crippen molar-refractivity contribution >= 4 is 29.9 Å². The van der Waals surface area contributed by atoms with E-state index in [0.29, 0.717) is 42.7 Å². The molecule has 6 nitrogen and oxygen atoms in total. The molecule has 1 aromatic heterocycles. The average Bonchev–Trinajstić information content (AvgIpc) is 2.90. The second kappa shape index (κ2) is 9.34. The molecule has 2 aromatic rings. The highest BCUT2D eigenvalue weighted by Gasteiger charge is 2.04. The molecular formula is C14H19FIN5O. The lowest BCUT2D eigenvalue weighted by atomic mass is 10.1. The summed E-state index contributed by atoms with van der Waals surface area (Å²) in [4.78, 5) is 8.16. The number of aromatic nitrogens is 2. The molecule has 1 aromatic carbocycles. The van der Waals surface area contributed by atoms with Gasteiger partial charge < -0.3 is 15.2 Å². The van der Waals surface area contributed by atoms with Crippen LogP contribution in [0.1, 0.15) is 17.3 Å². The third-order valence-electron chi connectivity index (χ3n) is 2.85. The van der Waals surface area contributed by atoms with Crippen molar-refractivity contribution < 1.29 is 8.91 Å². The number of halogens is 2. The standard InChI is InChI=1S/C14H18FN5O.HI/c1-10-19-13(20-21-10)9-18-14(16-2)17-8-7-11-5-3-4-6-12(11)15;/h3-6H,7-9H2,1-2H3,(H2,16,17,18);1H. The van der Waals surface area contributed by atoms with E-state index in [9.17, 15) is 4.39 Å². The molecule has 0 amide bonds. The number of rotatable bonds is 5. The van der Waals surface area contributed by atoms with Crippen molar-refractivity contribution in [2.75, 3.05) is 13.6 Å². The normalized spacial score (nSPS) is 11.0. The van der Waals surface area contributed by atoms with Crippen LogP contribution in [0.2, 0.25) is 0 Å². The Morgan fingerprint density at radius 1 is 1.32 bits per heavy atom. The summed E-state index contributed by atoms with van der Waals surface area (Å²) in [6.45, 7) is 2.72. The van der Waals surface area contributed by atoms with E-state index < -0.39 is 0 Å². The molecule has 1 heterocycles. The molecule has 0 fully saturated rings. The summed E-state index contributed by atoms with van der Waals surface area (Å²) in [6, 6.07) is 6.74. The summed E-state index contributed by atoms with van der Waals surface area (Å²) in [5.74, 6) is 1.50. The van der Waals surface area contributed by atoms with Crippen molar-refractivity contribution in [2.45, 2.75) is 19.9 Å². The van der Waals surface area contributed by atoms with Crippen molar-refractivity contribution in [2.24, 2.45) is 4.99 Å². The Hall–Kier alpha value is -1.71. The molecular weight excluding hydrogens is 400 g/mol. The Bertz CT molecular complexity index is 617. The van der Waals surface area contributed by atoms with E-state index in [4.69, 9.17) is 4.52 Å². The first-order valence-electron chi connectivity index (χ1n) is 6.66. The summed E-state index contributed by atoms with van der Waals surface area (Å²) >= 11 is 0. The molecule has 0 saturated carbocycles. The van der Waals surface area contributed by atoms with Crippen LogP contribution in [0, 0.1) is 12.7 Å². The van der Waals surface area contributed by atoms with E-state index in [1.807, 2.05) is 6.07 Å². The number of nitrogens with one attached hydrogen (secondary N) is 2. The molecule has 0 saturated heterocycles. The largest absolute Gasteiger partial charge is 0.356 e. The molecule has 0 radical (unpaired) electrons. The minimum Gasteiger partial charge on any atom is -0.356 e. The van der Waals surface area contributed by atoms with E-state index in [-0.39, 0.29) is 29.8 Å². The molecule has 0 spiro atoms. The van der Waals surface area contributed by atoms with Crippen LogP contribution < -0.4 is 10.6 Å². The van der Waals surface area contributed by atoms with Crippen LogP contribution in [0.15, 0.2) is 33.8 Å². The van der Waals surface area contributed by atoms with Crippen molar-refractivity contribution in [1.82, 2.24) is 20.8 Å². The van der Waals surface area contributed by atoms with Crippen molar-refractivity contribution in [3.8, 4) is 0 Å². The fourth-order valence-corrected chi connectivity index (χ4v) is 1.81. The summed E-state index contributed by atoms with van der Waals surface area (Å²) in [6.07, 6.45) is 0.578. The first-order valence-corrected chi connectivity index (χ1v) is 6.66. The molecule has 120 valence electrons. The summed E-state index contributed by atoms with van der Waals surface area (Å²) in [7, 11) is 1.67. The van der Waals surface area contributed by atoms with Crippen molar-refractivity contribution in [3.63, 3.8) is 0 Å². The van der Waals surface area contributed by atoms with E-state index >= 15 is 0 Å². The molecule has 22 heavy (non-hydrogen) atoms. The van der Waals surface area contributed by atoms with Gasteiger partial charge in [-0.05, 0) is 18.1 Å². The Morgan fingerprint density at radius 2 is 2.09 bits per heavy atom. The van der Waals surface area contributed by atoms with Crippen molar-refractivity contribution in [3.05, 3.63) is 47.4 Å². The highest BCUT2D eigenvalue weighted by atomic mass is 127. The van der Waals surface area contributed by atoms with Gasteiger partial charge in [0.05, 0.1) is 6.54 Å². The number of aryl methyl sites for hydroxylation is 1. The second-order valence-corrected chi connectivity index (χ2v) is 4.42. The molecule has 0 bridgehead atoms. The molecule has 0 atom stereocenters. The van der Waals surface area contributed by atoms with Gasteiger partial charge in [-0.15, -0.1) is 24.0 Å². The SMILES string of the molecule is CN=C(NCCc1ccccc1F)NCc1noc(C)n1.I. The summed E-state index contributed by atoms with van der Waals surface area (Å²) < 4.78 is 18.3. The summed E-state index contributed by atoms with van der Waals surface area (Å²) in [5, 5.41) is 9.95. The highest BCUT2D eigenvalue weighted by molar-refractivity contribution is 14.0. The smallest absolute Gasteiger partial charge is 0.223 e. The Labute approximate surface area is 145 Å². The quantitative estimate of drug-likeness (QED) is 0.441. The van der Waals surface area contributed by atoms with Crippen LogP contribution in [0.25, 0.3) is 0 Å². The third kappa shape index (κ3) is 5.58. The van der Waals surface area contributed by atoms with Crippen molar-refractivity contribution in [1.29, 1.82) is 0 Å². The zero-order chi connectivity index (χ0) is 15.1. The van der Waals surface area contributed by atoms with Gasteiger partial charge in [-0.3, -0.25) is 4.99 Å². The van der Waals surface area contributed by atoms with Gasteiger partial charge in [-0.25, -0.2) is 4.39 Å². The van der Waals surface area contributed by atoms with Crippen LogP contribution in [-0.4, -0.2) is 29.7 Å². The van der Waals surface area contributed by atoms with Gasteiger partial charge in [0, 0.05) is 20.5 Å². The minimum atomic E-state index is -0.190. The minimum absolute atomic E-state index is 0. The van der Waals surface area contributed by atoms with Gasteiger partial charge in [0.2, 0.25) is 5.89 Å². The number of benzene rings is 1. The van der Waals surface area contributed by atoms with Crippen LogP contribution in [0.3, 0.4) is 0 Å². The van der Waals surface area contributed by atoms with Crippen LogP contribution in [-0.2, 0) is 13.0 Å². The first kappa shape index (κ1) is 18.3. The lowest BCUT2D eigenvalue weighted by Crippen LogP contribution is -2.38. The maximum Gasteiger partial charge on any atom is 0.223 e.